The van der Waals surface area contributed by atoms with Crippen LogP contribution < -0.4 is 0 Å². The molecular weight excluding hydrogens is 198 g/mol. The Morgan fingerprint density at radius 2 is 1.93 bits per heavy atom. The van der Waals surface area contributed by atoms with Gasteiger partial charge in [0.25, 0.3) is 0 Å². The lowest BCUT2D eigenvalue weighted by Gasteiger charge is -2.27. The van der Waals surface area contributed by atoms with E-state index in [0.29, 0.717) is 0 Å². The Morgan fingerprint density at radius 1 is 1.33 bits per heavy atom. The third-order valence-electron chi connectivity index (χ3n) is 2.26. The minimum atomic E-state index is -0.882. The van der Waals surface area contributed by atoms with Gasteiger partial charge in [-0.3, -0.25) is 0 Å². The zero-order valence-corrected chi connectivity index (χ0v) is 9.36. The topological polar surface area (TPSA) is 59.0 Å². The third-order valence-corrected chi connectivity index (χ3v) is 2.26. The lowest BCUT2D eigenvalue weighted by molar-refractivity contribution is -0.156. The number of hydrogen-bond donors (Lipinski definition) is 1. The van der Waals surface area contributed by atoms with Gasteiger partial charge in [0.2, 0.25) is 0 Å². The van der Waals surface area contributed by atoms with Gasteiger partial charge in [-0.25, -0.2) is 4.79 Å². The second kappa shape index (κ2) is 5.32. The van der Waals surface area contributed by atoms with E-state index in [1.807, 2.05) is 0 Å². The van der Waals surface area contributed by atoms with Crippen molar-refractivity contribution in [1.29, 1.82) is 0 Å². The van der Waals surface area contributed by atoms with Crippen molar-refractivity contribution in [2.45, 2.75) is 38.7 Å². The quantitative estimate of drug-likeness (QED) is 0.722. The second-order valence-corrected chi connectivity index (χ2v) is 4.35. The summed E-state index contributed by atoms with van der Waals surface area (Å²) in [6.07, 6.45) is 2.51. The molecule has 1 N–H and O–H groups in total. The molecule has 0 aromatic rings. The van der Waals surface area contributed by atoms with Gasteiger partial charge in [0, 0.05) is 13.1 Å². The van der Waals surface area contributed by atoms with Crippen LogP contribution in [-0.4, -0.2) is 41.6 Å². The van der Waals surface area contributed by atoms with E-state index in [1.54, 1.807) is 18.9 Å². The summed E-state index contributed by atoms with van der Waals surface area (Å²) in [5.41, 5.74) is -0.882. The molecule has 0 amide bonds. The highest BCUT2D eigenvalue weighted by Gasteiger charge is 2.25. The maximum atomic E-state index is 11.3. The van der Waals surface area contributed by atoms with Crippen molar-refractivity contribution in [3.05, 3.63) is 0 Å². The minimum absolute atomic E-state index is 0.220. The van der Waals surface area contributed by atoms with Crippen molar-refractivity contribution < 1.29 is 19.5 Å². The van der Waals surface area contributed by atoms with Crippen molar-refractivity contribution in [3.63, 3.8) is 0 Å². The predicted molar refractivity (Wildman–Crippen MR) is 54.2 cm³/mol. The smallest absolute Gasteiger partial charge is 0.425 e. The van der Waals surface area contributed by atoms with Crippen LogP contribution in [0.25, 0.3) is 0 Å². The van der Waals surface area contributed by atoms with E-state index >= 15 is 0 Å². The van der Waals surface area contributed by atoms with Gasteiger partial charge in [0.1, 0.15) is 5.60 Å². The Morgan fingerprint density at radius 3 is 2.47 bits per heavy atom. The largest absolute Gasteiger partial charge is 0.528 e. The van der Waals surface area contributed by atoms with E-state index in [4.69, 9.17) is 14.7 Å². The molecule has 15 heavy (non-hydrogen) atoms. The molecule has 0 bridgehead atoms. The maximum Gasteiger partial charge on any atom is 0.528 e. The minimum Gasteiger partial charge on any atom is -0.425 e. The Balaban J connectivity index is 2.28. The Bertz CT molecular complexity index is 211. The Hall–Kier alpha value is -0.810. The number of hydrogen-bond acceptors (Lipinski definition) is 5. The molecule has 0 unspecified atom stereocenters. The molecular formula is C10H19NO4. The molecule has 88 valence electrons. The van der Waals surface area contributed by atoms with E-state index in [1.165, 1.54) is 6.42 Å². The van der Waals surface area contributed by atoms with Crippen molar-refractivity contribution >= 4 is 6.16 Å². The first-order valence-corrected chi connectivity index (χ1v) is 5.30. The number of rotatable bonds is 3. The van der Waals surface area contributed by atoms with Gasteiger partial charge in [-0.15, -0.1) is 5.06 Å². The molecule has 1 aliphatic heterocycles. The van der Waals surface area contributed by atoms with Crippen molar-refractivity contribution in [3.8, 4) is 0 Å². The predicted octanol–water partition coefficient (Wildman–Crippen LogP) is 1.31. The summed E-state index contributed by atoms with van der Waals surface area (Å²) >= 11 is 0. The lowest BCUT2D eigenvalue weighted by Crippen LogP contribution is -2.37. The van der Waals surface area contributed by atoms with Crippen LogP contribution in [-0.2, 0) is 9.57 Å². The molecule has 0 saturated carbocycles. The molecule has 1 saturated heterocycles. The van der Waals surface area contributed by atoms with Crippen LogP contribution in [0.2, 0.25) is 0 Å². The SMILES string of the molecule is CC(C)(CO)OC(=O)ON1CCCCC1. The molecule has 5 heteroatoms. The van der Waals surface area contributed by atoms with E-state index in [0.717, 1.165) is 25.9 Å². The zero-order chi connectivity index (χ0) is 11.3. The van der Waals surface area contributed by atoms with Gasteiger partial charge < -0.3 is 14.7 Å². The standard InChI is InChI=1S/C10H19NO4/c1-10(2,8-12)14-9(13)15-11-6-4-3-5-7-11/h12H,3-8H2,1-2H3. The summed E-state index contributed by atoms with van der Waals surface area (Å²) in [4.78, 5) is 16.3. The van der Waals surface area contributed by atoms with Crippen LogP contribution in [0.1, 0.15) is 33.1 Å². The van der Waals surface area contributed by atoms with Crippen LogP contribution in [0.5, 0.6) is 0 Å². The molecule has 0 atom stereocenters. The second-order valence-electron chi connectivity index (χ2n) is 4.35. The number of nitrogens with zero attached hydrogens (tertiary/aromatic N) is 1. The van der Waals surface area contributed by atoms with Gasteiger partial charge in [0.05, 0.1) is 6.61 Å². The molecule has 0 spiro atoms. The van der Waals surface area contributed by atoms with Crippen molar-refractivity contribution in [2.24, 2.45) is 0 Å². The fourth-order valence-electron chi connectivity index (χ4n) is 1.34. The Kier molecular flexibility index (Phi) is 4.35. The number of hydroxylamine groups is 2. The van der Waals surface area contributed by atoms with Crippen LogP contribution in [0.4, 0.5) is 4.79 Å². The fourth-order valence-corrected chi connectivity index (χ4v) is 1.34. The summed E-state index contributed by atoms with van der Waals surface area (Å²) in [6, 6.07) is 0. The van der Waals surface area contributed by atoms with Gasteiger partial charge in [-0.1, -0.05) is 6.42 Å². The maximum absolute atomic E-state index is 11.3. The summed E-state index contributed by atoms with van der Waals surface area (Å²) in [6.45, 7) is 4.56. The normalized spacial score (nSPS) is 18.6. The van der Waals surface area contributed by atoms with E-state index < -0.39 is 11.8 Å². The number of carbonyl (C=O) groups is 1. The van der Waals surface area contributed by atoms with E-state index in [-0.39, 0.29) is 6.61 Å². The molecule has 1 aliphatic rings. The lowest BCUT2D eigenvalue weighted by atomic mass is 10.2. The summed E-state index contributed by atoms with van der Waals surface area (Å²) in [5, 5.41) is 10.5. The molecule has 1 heterocycles. The van der Waals surface area contributed by atoms with Crippen LogP contribution >= 0.6 is 0 Å². The number of aliphatic hydroxyl groups is 1. The summed E-state index contributed by atoms with van der Waals surface area (Å²) in [5.74, 6) is 0. The highest BCUT2D eigenvalue weighted by molar-refractivity contribution is 5.60. The molecule has 5 nitrogen and oxygen atoms in total. The van der Waals surface area contributed by atoms with Gasteiger partial charge in [0.15, 0.2) is 0 Å². The van der Waals surface area contributed by atoms with Gasteiger partial charge in [-0.2, -0.15) is 0 Å². The highest BCUT2D eigenvalue weighted by atomic mass is 16.8. The average Bonchev–Trinajstić information content (AvgIpc) is 2.18. The highest BCUT2D eigenvalue weighted by Crippen LogP contribution is 2.13. The van der Waals surface area contributed by atoms with E-state index in [2.05, 4.69) is 0 Å². The van der Waals surface area contributed by atoms with Crippen LogP contribution in [0.15, 0.2) is 0 Å². The average molecular weight is 217 g/mol. The van der Waals surface area contributed by atoms with E-state index in [9.17, 15) is 4.79 Å². The zero-order valence-electron chi connectivity index (χ0n) is 9.36. The van der Waals surface area contributed by atoms with Crippen molar-refractivity contribution in [1.82, 2.24) is 5.06 Å². The monoisotopic (exact) mass is 217 g/mol. The van der Waals surface area contributed by atoms with Crippen LogP contribution in [0.3, 0.4) is 0 Å². The number of aliphatic hydroxyl groups excluding tert-OH is 1. The summed E-state index contributed by atoms with van der Waals surface area (Å²) < 4.78 is 4.94. The molecule has 0 aromatic carbocycles. The number of piperidine rings is 1. The first kappa shape index (κ1) is 12.3. The van der Waals surface area contributed by atoms with Crippen LogP contribution in [0, 0.1) is 0 Å². The Labute approximate surface area is 89.9 Å². The third kappa shape index (κ3) is 4.48. The molecule has 1 rings (SSSR count). The molecule has 0 radical (unpaired) electrons. The van der Waals surface area contributed by atoms with Crippen molar-refractivity contribution in [2.75, 3.05) is 19.7 Å². The molecule has 1 fully saturated rings. The number of ether oxygens (including phenoxy) is 1. The number of carbonyl (C=O) groups excluding carboxylic acids is 1. The first-order valence-electron chi connectivity index (χ1n) is 5.30. The first-order chi connectivity index (χ1) is 7.03. The molecule has 0 aromatic heterocycles. The van der Waals surface area contributed by atoms with Gasteiger partial charge in [-0.05, 0) is 26.7 Å². The fraction of sp³-hybridized carbons (Fsp3) is 0.900. The molecule has 0 aliphatic carbocycles. The summed E-state index contributed by atoms with van der Waals surface area (Å²) in [7, 11) is 0. The van der Waals surface area contributed by atoms with Gasteiger partial charge >= 0.3 is 6.16 Å².